The number of halogens is 1. The standard InChI is InChI=1S/C11H22BrNO2S/c1-10(9-12)5-4-8-13-16(14,15)11-6-2-3-7-11/h10-11,13H,2-9H2,1H3. The van der Waals surface area contributed by atoms with Crippen LogP contribution in [0, 0.1) is 5.92 Å². The van der Waals surface area contributed by atoms with Crippen molar-refractivity contribution >= 4 is 26.0 Å². The number of hydrogen-bond donors (Lipinski definition) is 1. The van der Waals surface area contributed by atoms with Gasteiger partial charge in [0.05, 0.1) is 5.25 Å². The summed E-state index contributed by atoms with van der Waals surface area (Å²) in [6.45, 7) is 2.76. The lowest BCUT2D eigenvalue weighted by molar-refractivity contribution is 0.539. The van der Waals surface area contributed by atoms with Crippen LogP contribution in [-0.2, 0) is 10.0 Å². The van der Waals surface area contributed by atoms with Crippen molar-refractivity contribution in [3.63, 3.8) is 0 Å². The first-order chi connectivity index (χ1) is 7.56. The fourth-order valence-electron chi connectivity index (χ4n) is 2.06. The third-order valence-electron chi connectivity index (χ3n) is 3.18. The van der Waals surface area contributed by atoms with Crippen molar-refractivity contribution in [2.75, 3.05) is 11.9 Å². The van der Waals surface area contributed by atoms with Crippen molar-refractivity contribution in [1.82, 2.24) is 4.72 Å². The van der Waals surface area contributed by atoms with Gasteiger partial charge in [0.25, 0.3) is 0 Å². The van der Waals surface area contributed by atoms with Crippen LogP contribution in [0.1, 0.15) is 45.4 Å². The van der Waals surface area contributed by atoms with E-state index in [1.165, 1.54) is 0 Å². The van der Waals surface area contributed by atoms with Gasteiger partial charge in [-0.15, -0.1) is 0 Å². The molecule has 96 valence electrons. The van der Waals surface area contributed by atoms with Crippen molar-refractivity contribution < 1.29 is 8.42 Å². The van der Waals surface area contributed by atoms with Gasteiger partial charge in [0.1, 0.15) is 0 Å². The number of alkyl halides is 1. The maximum absolute atomic E-state index is 11.8. The van der Waals surface area contributed by atoms with Gasteiger partial charge < -0.3 is 0 Å². The molecule has 5 heteroatoms. The average Bonchev–Trinajstić information content (AvgIpc) is 2.78. The molecule has 0 aromatic carbocycles. The summed E-state index contributed by atoms with van der Waals surface area (Å²) in [4.78, 5) is 0. The predicted octanol–water partition coefficient (Wildman–Crippen LogP) is 2.66. The molecule has 1 saturated carbocycles. The topological polar surface area (TPSA) is 46.2 Å². The second-order valence-corrected chi connectivity index (χ2v) is 7.44. The Kier molecular flexibility index (Phi) is 6.29. The normalized spacial score (nSPS) is 20.1. The highest BCUT2D eigenvalue weighted by Gasteiger charge is 2.27. The molecule has 1 fully saturated rings. The van der Waals surface area contributed by atoms with Crippen LogP contribution >= 0.6 is 15.9 Å². The van der Waals surface area contributed by atoms with Gasteiger partial charge in [0, 0.05) is 11.9 Å². The molecule has 0 spiro atoms. The Morgan fingerprint density at radius 1 is 1.38 bits per heavy atom. The molecule has 0 radical (unpaired) electrons. The van der Waals surface area contributed by atoms with Gasteiger partial charge in [0.2, 0.25) is 10.0 Å². The largest absolute Gasteiger partial charge is 0.215 e. The summed E-state index contributed by atoms with van der Waals surface area (Å²) >= 11 is 3.42. The molecule has 0 aromatic heterocycles. The summed E-state index contributed by atoms with van der Waals surface area (Å²) < 4.78 is 26.4. The fraction of sp³-hybridized carbons (Fsp3) is 1.00. The van der Waals surface area contributed by atoms with E-state index in [1.807, 2.05) is 0 Å². The number of sulfonamides is 1. The van der Waals surface area contributed by atoms with Gasteiger partial charge in [-0.1, -0.05) is 35.7 Å². The monoisotopic (exact) mass is 311 g/mol. The van der Waals surface area contributed by atoms with Crippen LogP contribution in [0.5, 0.6) is 0 Å². The van der Waals surface area contributed by atoms with E-state index in [0.29, 0.717) is 12.5 Å². The van der Waals surface area contributed by atoms with E-state index in [4.69, 9.17) is 0 Å². The maximum Gasteiger partial charge on any atom is 0.214 e. The molecule has 0 amide bonds. The van der Waals surface area contributed by atoms with Gasteiger partial charge in [-0.3, -0.25) is 0 Å². The lowest BCUT2D eigenvalue weighted by Gasteiger charge is -2.13. The SMILES string of the molecule is CC(CBr)CCCNS(=O)(=O)C1CCCC1. The lowest BCUT2D eigenvalue weighted by atomic mass is 10.1. The summed E-state index contributed by atoms with van der Waals surface area (Å²) in [7, 11) is -3.03. The Balaban J connectivity index is 2.20. The average molecular weight is 312 g/mol. The summed E-state index contributed by atoms with van der Waals surface area (Å²) in [6, 6.07) is 0. The fourth-order valence-corrected chi connectivity index (χ4v) is 4.00. The number of rotatable bonds is 7. The summed E-state index contributed by atoms with van der Waals surface area (Å²) in [5, 5.41) is 0.864. The molecule has 0 aliphatic heterocycles. The Morgan fingerprint density at radius 2 is 2.00 bits per heavy atom. The van der Waals surface area contributed by atoms with Crippen molar-refractivity contribution in [3.8, 4) is 0 Å². The van der Waals surface area contributed by atoms with Crippen molar-refractivity contribution in [2.45, 2.75) is 50.7 Å². The Hall–Kier alpha value is 0.390. The molecule has 1 rings (SSSR count). The third-order valence-corrected chi connectivity index (χ3v) is 6.24. The lowest BCUT2D eigenvalue weighted by Crippen LogP contribution is -2.33. The molecule has 1 aliphatic rings. The molecule has 0 heterocycles. The van der Waals surface area contributed by atoms with Crippen LogP contribution in [-0.4, -0.2) is 25.5 Å². The minimum atomic E-state index is -3.03. The van der Waals surface area contributed by atoms with Gasteiger partial charge in [-0.25, -0.2) is 13.1 Å². The van der Waals surface area contributed by atoms with Crippen molar-refractivity contribution in [3.05, 3.63) is 0 Å². The summed E-state index contributed by atoms with van der Waals surface area (Å²) in [6.07, 6.45) is 5.80. The molecule has 1 unspecified atom stereocenters. The van der Waals surface area contributed by atoms with E-state index in [-0.39, 0.29) is 5.25 Å². The first kappa shape index (κ1) is 14.5. The predicted molar refractivity (Wildman–Crippen MR) is 71.4 cm³/mol. The Morgan fingerprint density at radius 3 is 2.56 bits per heavy atom. The number of hydrogen-bond acceptors (Lipinski definition) is 2. The second-order valence-electron chi connectivity index (χ2n) is 4.75. The highest BCUT2D eigenvalue weighted by molar-refractivity contribution is 9.09. The third kappa shape index (κ3) is 4.72. The highest BCUT2D eigenvalue weighted by atomic mass is 79.9. The zero-order valence-electron chi connectivity index (χ0n) is 9.91. The maximum atomic E-state index is 11.8. The highest BCUT2D eigenvalue weighted by Crippen LogP contribution is 2.23. The molecule has 1 atom stereocenters. The van der Waals surface area contributed by atoms with E-state index in [0.717, 1.165) is 43.9 Å². The molecule has 16 heavy (non-hydrogen) atoms. The Bertz CT molecular complexity index is 286. The number of nitrogens with one attached hydrogen (secondary N) is 1. The molecular weight excluding hydrogens is 290 g/mol. The van der Waals surface area contributed by atoms with Crippen LogP contribution in [0.4, 0.5) is 0 Å². The van der Waals surface area contributed by atoms with Crippen LogP contribution in [0.15, 0.2) is 0 Å². The van der Waals surface area contributed by atoms with Crippen molar-refractivity contribution in [1.29, 1.82) is 0 Å². The van der Waals surface area contributed by atoms with Crippen LogP contribution < -0.4 is 4.72 Å². The Labute approximate surface area is 108 Å². The zero-order valence-corrected chi connectivity index (χ0v) is 12.3. The molecule has 0 aromatic rings. The van der Waals surface area contributed by atoms with Crippen molar-refractivity contribution in [2.24, 2.45) is 5.92 Å². The molecule has 0 saturated heterocycles. The molecule has 1 aliphatic carbocycles. The van der Waals surface area contributed by atoms with Crippen LogP contribution in [0.3, 0.4) is 0 Å². The summed E-state index contributed by atoms with van der Waals surface area (Å²) in [5.41, 5.74) is 0. The van der Waals surface area contributed by atoms with E-state index in [1.54, 1.807) is 0 Å². The van der Waals surface area contributed by atoms with Gasteiger partial charge in [-0.05, 0) is 31.6 Å². The molecule has 3 nitrogen and oxygen atoms in total. The zero-order chi connectivity index (χ0) is 12.0. The minimum absolute atomic E-state index is 0.124. The van der Waals surface area contributed by atoms with Gasteiger partial charge in [0.15, 0.2) is 0 Å². The van der Waals surface area contributed by atoms with Crippen LogP contribution in [0.2, 0.25) is 0 Å². The summed E-state index contributed by atoms with van der Waals surface area (Å²) in [5.74, 6) is 0.621. The van der Waals surface area contributed by atoms with E-state index >= 15 is 0 Å². The van der Waals surface area contributed by atoms with E-state index in [9.17, 15) is 8.42 Å². The van der Waals surface area contributed by atoms with Gasteiger partial charge in [-0.2, -0.15) is 0 Å². The second kappa shape index (κ2) is 6.97. The first-order valence-electron chi connectivity index (χ1n) is 6.10. The molecule has 1 N–H and O–H groups in total. The minimum Gasteiger partial charge on any atom is -0.215 e. The molecule has 0 bridgehead atoms. The first-order valence-corrected chi connectivity index (χ1v) is 8.77. The smallest absolute Gasteiger partial charge is 0.214 e. The van der Waals surface area contributed by atoms with Gasteiger partial charge >= 0.3 is 0 Å². The molecular formula is C11H22BrNO2S. The van der Waals surface area contributed by atoms with Crippen LogP contribution in [0.25, 0.3) is 0 Å². The van der Waals surface area contributed by atoms with E-state index < -0.39 is 10.0 Å². The van der Waals surface area contributed by atoms with E-state index in [2.05, 4.69) is 27.6 Å². The quantitative estimate of drug-likeness (QED) is 0.580.